The second kappa shape index (κ2) is 15.0. The van der Waals surface area contributed by atoms with Crippen molar-refractivity contribution in [2.24, 2.45) is 0 Å². The first kappa shape index (κ1) is 25.1. The highest BCUT2D eigenvalue weighted by molar-refractivity contribution is 9.10. The molecule has 7 heteroatoms. The first-order valence-corrected chi connectivity index (χ1v) is 11.4. The Kier molecular flexibility index (Phi) is 13.0. The Balaban J connectivity index is 2.68. The van der Waals surface area contributed by atoms with Gasteiger partial charge in [0.05, 0.1) is 4.83 Å². The number of amides is 3. The molecule has 3 amide bonds. The van der Waals surface area contributed by atoms with E-state index in [0.717, 1.165) is 44.1 Å². The molecule has 0 spiro atoms. The van der Waals surface area contributed by atoms with Crippen LogP contribution in [0.25, 0.3) is 0 Å². The number of halogens is 1. The molecule has 0 saturated heterocycles. The van der Waals surface area contributed by atoms with Gasteiger partial charge in [-0.25, -0.2) is 0 Å². The quantitative estimate of drug-likeness (QED) is 0.223. The van der Waals surface area contributed by atoms with Crippen molar-refractivity contribution in [1.82, 2.24) is 16.0 Å². The van der Waals surface area contributed by atoms with Crippen LogP contribution in [0.5, 0.6) is 0 Å². The van der Waals surface area contributed by atoms with Crippen LogP contribution in [0, 0.1) is 0 Å². The van der Waals surface area contributed by atoms with E-state index in [1.54, 1.807) is 0 Å². The average molecular weight is 468 g/mol. The van der Waals surface area contributed by atoms with Gasteiger partial charge >= 0.3 is 0 Å². The van der Waals surface area contributed by atoms with Gasteiger partial charge in [0.25, 0.3) is 11.8 Å². The van der Waals surface area contributed by atoms with Crippen molar-refractivity contribution >= 4 is 33.7 Å². The summed E-state index contributed by atoms with van der Waals surface area (Å²) in [5.41, 5.74) is 0.995. The van der Waals surface area contributed by atoms with Crippen molar-refractivity contribution in [3.63, 3.8) is 0 Å². The lowest BCUT2D eigenvalue weighted by Gasteiger charge is -2.20. The van der Waals surface area contributed by atoms with Crippen molar-refractivity contribution in [3.05, 3.63) is 35.9 Å². The summed E-state index contributed by atoms with van der Waals surface area (Å²) in [4.78, 5) is 37.2. The molecule has 3 N–H and O–H groups in total. The van der Waals surface area contributed by atoms with E-state index >= 15 is 0 Å². The van der Waals surface area contributed by atoms with Crippen molar-refractivity contribution < 1.29 is 14.4 Å². The summed E-state index contributed by atoms with van der Waals surface area (Å²) in [6.07, 6.45) is 6.24. The minimum atomic E-state index is -1.23. The third-order valence-corrected chi connectivity index (χ3v) is 5.25. The summed E-state index contributed by atoms with van der Waals surface area (Å²) in [5, 5.41) is 8.14. The minimum absolute atomic E-state index is 0.383. The Morgan fingerprint density at radius 3 is 1.83 bits per heavy atom. The smallest absolute Gasteiger partial charge is 0.252 e. The van der Waals surface area contributed by atoms with Crippen LogP contribution in [0.15, 0.2) is 30.3 Å². The second-order valence-corrected chi connectivity index (χ2v) is 8.20. The maximum atomic E-state index is 12.6. The molecular formula is C22H34BrN3O3. The maximum Gasteiger partial charge on any atom is 0.252 e. The van der Waals surface area contributed by atoms with Gasteiger partial charge in [0, 0.05) is 13.1 Å². The Bertz CT molecular complexity index is 601. The molecule has 29 heavy (non-hydrogen) atoms. The number of alkyl halides is 1. The summed E-state index contributed by atoms with van der Waals surface area (Å²) in [7, 11) is 0. The zero-order valence-corrected chi connectivity index (χ0v) is 19.1. The summed E-state index contributed by atoms with van der Waals surface area (Å²) in [5.74, 6) is -1.32. The molecule has 0 aliphatic carbocycles. The number of unbranched alkanes of at least 4 members (excludes halogenated alkanes) is 4. The lowest BCUT2D eigenvalue weighted by molar-refractivity contribution is -0.136. The predicted octanol–water partition coefficient (Wildman–Crippen LogP) is 3.09. The molecule has 1 atom stereocenters. The van der Waals surface area contributed by atoms with E-state index in [9.17, 15) is 14.4 Å². The van der Waals surface area contributed by atoms with Gasteiger partial charge in [-0.3, -0.25) is 14.4 Å². The topological polar surface area (TPSA) is 87.3 Å². The number of carbonyl (C=O) groups is 3. The highest BCUT2D eigenvalue weighted by Crippen LogP contribution is 2.10. The van der Waals surface area contributed by atoms with Crippen LogP contribution in [0.2, 0.25) is 0 Å². The Hall–Kier alpha value is -1.89. The molecule has 0 fully saturated rings. The van der Waals surface area contributed by atoms with Crippen molar-refractivity contribution in [2.45, 2.75) is 69.7 Å². The monoisotopic (exact) mass is 467 g/mol. The molecule has 1 aromatic rings. The predicted molar refractivity (Wildman–Crippen MR) is 120 cm³/mol. The van der Waals surface area contributed by atoms with Crippen LogP contribution in [-0.4, -0.2) is 41.7 Å². The fourth-order valence-corrected chi connectivity index (χ4v) is 3.28. The minimum Gasteiger partial charge on any atom is -0.354 e. The van der Waals surface area contributed by atoms with Crippen molar-refractivity contribution in [2.75, 3.05) is 13.1 Å². The lowest BCUT2D eigenvalue weighted by Crippen LogP contribution is -2.56. The Morgan fingerprint density at radius 1 is 0.828 bits per heavy atom. The van der Waals surface area contributed by atoms with E-state index in [1.807, 2.05) is 30.3 Å². The lowest BCUT2D eigenvalue weighted by atomic mass is 10.1. The molecule has 0 aromatic heterocycles. The van der Waals surface area contributed by atoms with Gasteiger partial charge in [0.15, 0.2) is 6.04 Å². The number of carbonyl (C=O) groups excluding carboxylic acids is 3. The van der Waals surface area contributed by atoms with Gasteiger partial charge in [-0.1, -0.05) is 85.8 Å². The van der Waals surface area contributed by atoms with Gasteiger partial charge in [-0.05, 0) is 24.8 Å². The normalized spacial score (nSPS) is 11.7. The number of hydrogen-bond donors (Lipinski definition) is 3. The third-order valence-electron chi connectivity index (χ3n) is 4.51. The standard InChI is InChI=1S/C22H34BrN3O3/c1-3-5-10-14-24-21(28)19(22(29)25-15-11-6-4-2)26-20(27)18(23)16-17-12-8-7-9-13-17/h7-9,12-13,18-19H,3-6,10-11,14-16H2,1-2H3,(H,24,28)(H,25,29)(H,26,27)/t18-/m1/s1. The summed E-state index contributed by atoms with van der Waals surface area (Å²) >= 11 is 3.38. The average Bonchev–Trinajstić information content (AvgIpc) is 2.72. The van der Waals surface area contributed by atoms with Crippen LogP contribution in [0.4, 0.5) is 0 Å². The number of hydrogen-bond acceptors (Lipinski definition) is 3. The molecule has 0 aliphatic heterocycles. The first-order valence-electron chi connectivity index (χ1n) is 10.5. The zero-order chi connectivity index (χ0) is 21.5. The van der Waals surface area contributed by atoms with Gasteiger partial charge in [0.2, 0.25) is 5.91 Å². The highest BCUT2D eigenvalue weighted by Gasteiger charge is 2.30. The summed E-state index contributed by atoms with van der Waals surface area (Å²) in [6.45, 7) is 5.14. The fourth-order valence-electron chi connectivity index (χ4n) is 2.77. The molecule has 162 valence electrons. The molecule has 6 nitrogen and oxygen atoms in total. The fraction of sp³-hybridized carbons (Fsp3) is 0.591. The van der Waals surface area contributed by atoms with Gasteiger partial charge in [-0.2, -0.15) is 0 Å². The summed E-state index contributed by atoms with van der Waals surface area (Å²) < 4.78 is 0. The first-order chi connectivity index (χ1) is 14.0. The van der Waals surface area contributed by atoms with Crippen LogP contribution in [0.3, 0.4) is 0 Å². The molecular weight excluding hydrogens is 434 g/mol. The maximum absolute atomic E-state index is 12.6. The van der Waals surface area contributed by atoms with Crippen molar-refractivity contribution in [1.29, 1.82) is 0 Å². The van der Waals surface area contributed by atoms with E-state index in [-0.39, 0.29) is 5.91 Å². The molecule has 1 aromatic carbocycles. The zero-order valence-electron chi connectivity index (χ0n) is 17.5. The Morgan fingerprint density at radius 2 is 1.34 bits per heavy atom. The number of rotatable bonds is 14. The number of nitrogens with one attached hydrogen (secondary N) is 3. The number of benzene rings is 1. The molecule has 0 aliphatic rings. The molecule has 0 bridgehead atoms. The van der Waals surface area contributed by atoms with Crippen LogP contribution in [0.1, 0.15) is 57.9 Å². The molecule has 0 unspecified atom stereocenters. The van der Waals surface area contributed by atoms with Crippen LogP contribution >= 0.6 is 15.9 Å². The van der Waals surface area contributed by atoms with Crippen LogP contribution < -0.4 is 16.0 Å². The second-order valence-electron chi connectivity index (χ2n) is 7.10. The molecule has 0 radical (unpaired) electrons. The van der Waals surface area contributed by atoms with Crippen molar-refractivity contribution in [3.8, 4) is 0 Å². The SMILES string of the molecule is CCCCCNC(=O)C(NC(=O)[C@H](Br)Cc1ccccc1)C(=O)NCCCCC. The van der Waals surface area contributed by atoms with Gasteiger partial charge < -0.3 is 16.0 Å². The van der Waals surface area contributed by atoms with E-state index in [4.69, 9.17) is 0 Å². The summed E-state index contributed by atoms with van der Waals surface area (Å²) in [6, 6.07) is 8.35. The van der Waals surface area contributed by atoms with Gasteiger partial charge in [0.1, 0.15) is 0 Å². The van der Waals surface area contributed by atoms with Gasteiger partial charge in [-0.15, -0.1) is 0 Å². The third kappa shape index (κ3) is 10.5. The Labute approximate surface area is 182 Å². The van der Waals surface area contributed by atoms with E-state index in [2.05, 4.69) is 45.7 Å². The largest absolute Gasteiger partial charge is 0.354 e. The highest BCUT2D eigenvalue weighted by atomic mass is 79.9. The van der Waals surface area contributed by atoms with E-state index < -0.39 is 22.7 Å². The van der Waals surface area contributed by atoms with E-state index in [1.165, 1.54) is 0 Å². The molecule has 0 heterocycles. The van der Waals surface area contributed by atoms with Crippen LogP contribution in [-0.2, 0) is 20.8 Å². The van der Waals surface area contributed by atoms with E-state index in [0.29, 0.717) is 19.5 Å². The molecule has 0 saturated carbocycles. The molecule has 1 rings (SSSR count).